The molecule has 0 spiro atoms. The number of fused-ring (bicyclic) bond motifs is 1. The molecule has 0 aliphatic rings. The first kappa shape index (κ1) is 17.8. The van der Waals surface area contributed by atoms with E-state index in [1.807, 2.05) is 6.92 Å². The molecule has 28 heavy (non-hydrogen) atoms. The summed E-state index contributed by atoms with van der Waals surface area (Å²) in [5.74, 6) is 0.388. The minimum atomic E-state index is -4.34. The fourth-order valence-corrected chi connectivity index (χ4v) is 2.89. The summed E-state index contributed by atoms with van der Waals surface area (Å²) in [7, 11) is 0. The summed E-state index contributed by atoms with van der Waals surface area (Å²) < 4.78 is 41.0. The molecule has 4 aromatic rings. The number of anilines is 2. The van der Waals surface area contributed by atoms with E-state index in [1.54, 1.807) is 47.6 Å². The highest BCUT2D eigenvalue weighted by molar-refractivity contribution is 5.72. The Morgan fingerprint density at radius 3 is 2.71 bits per heavy atom. The van der Waals surface area contributed by atoms with Crippen LogP contribution < -0.4 is 10.9 Å². The molecule has 4 heterocycles. The quantitative estimate of drug-likeness (QED) is 0.562. The van der Waals surface area contributed by atoms with Gasteiger partial charge in [0.05, 0.1) is 29.8 Å². The predicted molar refractivity (Wildman–Crippen MR) is 97.2 cm³/mol. The van der Waals surface area contributed by atoms with Crippen LogP contribution in [0.4, 0.5) is 24.7 Å². The maximum Gasteiger partial charge on any atom is 0.394 e. The molecule has 0 unspecified atom stereocenters. The number of hydrogen-bond acceptors (Lipinski definition) is 4. The number of hydrogen-bond donors (Lipinski definition) is 2. The number of rotatable bonds is 4. The minimum absolute atomic E-state index is 0.0823. The molecule has 144 valence electrons. The first-order valence-corrected chi connectivity index (χ1v) is 8.33. The van der Waals surface area contributed by atoms with Crippen molar-refractivity contribution >= 4 is 17.2 Å². The Morgan fingerprint density at radius 1 is 1.21 bits per heavy atom. The van der Waals surface area contributed by atoms with Crippen molar-refractivity contribution in [2.75, 3.05) is 5.32 Å². The highest BCUT2D eigenvalue weighted by Gasteiger charge is 2.29. The average molecular weight is 388 g/mol. The minimum Gasteiger partial charge on any atom is -0.339 e. The van der Waals surface area contributed by atoms with Gasteiger partial charge in [0.25, 0.3) is 5.56 Å². The molecule has 10 heteroatoms. The molecule has 0 amide bonds. The number of nitrogens with one attached hydrogen (secondary N) is 2. The molecule has 4 aromatic heterocycles. The van der Waals surface area contributed by atoms with Crippen molar-refractivity contribution < 1.29 is 13.2 Å². The normalized spacial score (nSPS) is 11.9. The van der Waals surface area contributed by atoms with Crippen LogP contribution in [0.1, 0.15) is 11.4 Å². The molecular formula is C18H15F3N6O. The van der Waals surface area contributed by atoms with Gasteiger partial charge in [-0.05, 0) is 31.2 Å². The van der Waals surface area contributed by atoms with Crippen LogP contribution in [0.5, 0.6) is 0 Å². The van der Waals surface area contributed by atoms with Gasteiger partial charge in [0.2, 0.25) is 0 Å². The molecular weight excluding hydrogens is 373 g/mol. The number of nitrogens with zero attached hydrogens (tertiary/aromatic N) is 4. The number of alkyl halides is 3. The first-order chi connectivity index (χ1) is 13.3. The molecule has 4 rings (SSSR count). The number of aryl methyl sites for hydroxylation is 1. The third-order valence-corrected chi connectivity index (χ3v) is 4.06. The predicted octanol–water partition coefficient (Wildman–Crippen LogP) is 3.37. The topological polar surface area (TPSA) is 80.0 Å². The van der Waals surface area contributed by atoms with Gasteiger partial charge < -0.3 is 19.3 Å². The Bertz CT molecular complexity index is 1200. The SMILES string of the molecule is Cc1cn(-c2ccc(Nc3cccn4cc(CC(F)(F)F)nc34)[nH]c2=O)cn1. The lowest BCUT2D eigenvalue weighted by molar-refractivity contribution is -0.127. The van der Waals surface area contributed by atoms with Gasteiger partial charge in [-0.2, -0.15) is 13.2 Å². The van der Waals surface area contributed by atoms with E-state index in [0.717, 1.165) is 5.69 Å². The van der Waals surface area contributed by atoms with Crippen LogP contribution in [0.3, 0.4) is 0 Å². The average Bonchev–Trinajstić information content (AvgIpc) is 3.20. The van der Waals surface area contributed by atoms with Crippen molar-refractivity contribution in [2.45, 2.75) is 19.5 Å². The zero-order valence-corrected chi connectivity index (χ0v) is 14.7. The van der Waals surface area contributed by atoms with Crippen LogP contribution in [0.2, 0.25) is 0 Å². The van der Waals surface area contributed by atoms with Crippen molar-refractivity contribution in [3.63, 3.8) is 0 Å². The van der Waals surface area contributed by atoms with Crippen molar-refractivity contribution in [1.82, 2.24) is 23.9 Å². The second-order valence-corrected chi connectivity index (χ2v) is 6.31. The van der Waals surface area contributed by atoms with E-state index < -0.39 is 12.6 Å². The Hall–Kier alpha value is -3.56. The molecule has 0 fully saturated rings. The van der Waals surface area contributed by atoms with E-state index in [-0.39, 0.29) is 11.3 Å². The number of H-pyrrole nitrogens is 1. The van der Waals surface area contributed by atoms with E-state index >= 15 is 0 Å². The lowest BCUT2D eigenvalue weighted by Gasteiger charge is -2.08. The molecule has 0 aromatic carbocycles. The summed E-state index contributed by atoms with van der Waals surface area (Å²) in [5, 5.41) is 3.00. The second-order valence-electron chi connectivity index (χ2n) is 6.31. The number of halogens is 3. The van der Waals surface area contributed by atoms with Crippen LogP contribution in [-0.2, 0) is 6.42 Å². The Morgan fingerprint density at radius 2 is 2.04 bits per heavy atom. The fraction of sp³-hybridized carbons (Fsp3) is 0.167. The summed E-state index contributed by atoms with van der Waals surface area (Å²) in [5.41, 5.74) is 1.56. The van der Waals surface area contributed by atoms with Gasteiger partial charge in [-0.15, -0.1) is 0 Å². The van der Waals surface area contributed by atoms with Gasteiger partial charge in [-0.25, -0.2) is 9.97 Å². The summed E-state index contributed by atoms with van der Waals surface area (Å²) in [6, 6.07) is 6.64. The Labute approximate surface area is 156 Å². The molecule has 0 aliphatic carbocycles. The van der Waals surface area contributed by atoms with Crippen molar-refractivity contribution in [3.05, 3.63) is 70.9 Å². The third-order valence-electron chi connectivity index (χ3n) is 4.06. The van der Waals surface area contributed by atoms with Gasteiger partial charge in [-0.1, -0.05) is 0 Å². The van der Waals surface area contributed by atoms with Gasteiger partial charge in [0, 0.05) is 18.6 Å². The number of aromatic nitrogens is 5. The fourth-order valence-electron chi connectivity index (χ4n) is 2.89. The molecule has 2 N–H and O–H groups in total. The van der Waals surface area contributed by atoms with Crippen LogP contribution >= 0.6 is 0 Å². The molecule has 0 atom stereocenters. The first-order valence-electron chi connectivity index (χ1n) is 8.33. The standard InChI is InChI=1S/C18H15F3N6O/c1-11-8-27(10-22-11)14-4-5-15(25-17(14)28)24-13-3-2-6-26-9-12(23-16(13)26)7-18(19,20)21/h2-6,8-10H,7H2,1H3,(H2,24,25,28). The summed E-state index contributed by atoms with van der Waals surface area (Å²) in [6.07, 6.45) is 0.773. The van der Waals surface area contributed by atoms with Crippen LogP contribution in [0.15, 0.2) is 54.0 Å². The van der Waals surface area contributed by atoms with Gasteiger partial charge in [0.1, 0.15) is 11.5 Å². The molecule has 0 bridgehead atoms. The maximum absolute atomic E-state index is 12.6. The Kier molecular flexibility index (Phi) is 4.17. The summed E-state index contributed by atoms with van der Waals surface area (Å²) in [6.45, 7) is 1.82. The molecule has 0 radical (unpaired) electrons. The highest BCUT2D eigenvalue weighted by atomic mass is 19.4. The summed E-state index contributed by atoms with van der Waals surface area (Å²) in [4.78, 5) is 23.2. The number of aromatic amines is 1. The number of pyridine rings is 2. The van der Waals surface area contributed by atoms with Crippen molar-refractivity contribution in [2.24, 2.45) is 0 Å². The van der Waals surface area contributed by atoms with Gasteiger partial charge >= 0.3 is 6.18 Å². The summed E-state index contributed by atoms with van der Waals surface area (Å²) >= 11 is 0. The monoisotopic (exact) mass is 388 g/mol. The van der Waals surface area contributed by atoms with Crippen LogP contribution in [0.25, 0.3) is 11.3 Å². The number of imidazole rings is 2. The van der Waals surface area contributed by atoms with Gasteiger partial charge in [0.15, 0.2) is 5.65 Å². The van der Waals surface area contributed by atoms with E-state index in [1.165, 1.54) is 10.6 Å². The lowest BCUT2D eigenvalue weighted by Crippen LogP contribution is -2.14. The zero-order chi connectivity index (χ0) is 19.9. The maximum atomic E-state index is 12.6. The van der Waals surface area contributed by atoms with Crippen molar-refractivity contribution in [3.8, 4) is 5.69 Å². The Balaban J connectivity index is 1.64. The second kappa shape index (κ2) is 6.55. The third kappa shape index (κ3) is 3.61. The lowest BCUT2D eigenvalue weighted by atomic mass is 10.3. The van der Waals surface area contributed by atoms with Gasteiger partial charge in [-0.3, -0.25) is 4.79 Å². The van der Waals surface area contributed by atoms with Crippen LogP contribution in [-0.4, -0.2) is 30.1 Å². The zero-order valence-electron chi connectivity index (χ0n) is 14.7. The van der Waals surface area contributed by atoms with Crippen molar-refractivity contribution in [1.29, 1.82) is 0 Å². The molecule has 0 aliphatic heterocycles. The molecule has 0 saturated heterocycles. The van der Waals surface area contributed by atoms with E-state index in [2.05, 4.69) is 20.3 Å². The molecule has 0 saturated carbocycles. The molecule has 7 nitrogen and oxygen atoms in total. The van der Waals surface area contributed by atoms with E-state index in [4.69, 9.17) is 0 Å². The largest absolute Gasteiger partial charge is 0.394 e. The van der Waals surface area contributed by atoms with Crippen LogP contribution in [0, 0.1) is 6.92 Å². The van der Waals surface area contributed by atoms with E-state index in [9.17, 15) is 18.0 Å². The highest BCUT2D eigenvalue weighted by Crippen LogP contribution is 2.24. The smallest absolute Gasteiger partial charge is 0.339 e. The van der Waals surface area contributed by atoms with E-state index in [0.29, 0.717) is 22.8 Å².